The molecule has 88 valence electrons. The van der Waals surface area contributed by atoms with Crippen LogP contribution in [0.5, 0.6) is 0 Å². The molecule has 16 heavy (non-hydrogen) atoms. The van der Waals surface area contributed by atoms with E-state index in [-0.39, 0.29) is 11.9 Å². The Morgan fingerprint density at radius 2 is 2.31 bits per heavy atom. The number of carbonyl (C=O) groups excluding carboxylic acids is 1. The molecule has 1 aromatic rings. The van der Waals surface area contributed by atoms with Gasteiger partial charge in [-0.1, -0.05) is 0 Å². The molecule has 0 aliphatic rings. The van der Waals surface area contributed by atoms with Crippen LogP contribution in [0.4, 0.5) is 5.69 Å². The van der Waals surface area contributed by atoms with Crippen LogP contribution in [0.3, 0.4) is 0 Å². The number of nitrogens with one attached hydrogen (secondary N) is 1. The number of aromatic nitrogens is 1. The third-order valence-electron chi connectivity index (χ3n) is 2.31. The monoisotopic (exact) mass is 285 g/mol. The van der Waals surface area contributed by atoms with Gasteiger partial charge in [0.2, 0.25) is 5.91 Å². The minimum Gasteiger partial charge on any atom is -0.373 e. The summed E-state index contributed by atoms with van der Waals surface area (Å²) in [6.07, 6.45) is 3.40. The zero-order valence-corrected chi connectivity index (χ0v) is 11.3. The van der Waals surface area contributed by atoms with Crippen molar-refractivity contribution in [1.29, 1.82) is 0 Å². The van der Waals surface area contributed by atoms with Crippen LogP contribution in [-0.4, -0.2) is 35.4 Å². The fourth-order valence-electron chi connectivity index (χ4n) is 1.29. The van der Waals surface area contributed by atoms with E-state index in [0.29, 0.717) is 6.54 Å². The van der Waals surface area contributed by atoms with E-state index in [1.54, 1.807) is 24.3 Å². The van der Waals surface area contributed by atoms with Crippen LogP contribution in [-0.2, 0) is 4.79 Å². The maximum atomic E-state index is 11.8. The van der Waals surface area contributed by atoms with Gasteiger partial charge in [-0.2, -0.15) is 0 Å². The Bertz CT molecular complexity index is 370. The van der Waals surface area contributed by atoms with E-state index < -0.39 is 0 Å². The first kappa shape index (κ1) is 13.0. The summed E-state index contributed by atoms with van der Waals surface area (Å²) in [7, 11) is 1.79. The van der Waals surface area contributed by atoms with Crippen molar-refractivity contribution in [3.05, 3.63) is 22.9 Å². The molecule has 1 heterocycles. The van der Waals surface area contributed by atoms with Crippen LogP contribution < -0.4 is 5.32 Å². The topological polar surface area (TPSA) is 45.2 Å². The standard InChI is InChI=1S/C11H16BrN3O/c1-4-15(3)11(16)8(2)14-10-5-9(12)6-13-7-10/h5-8,14H,4H2,1-3H3. The molecule has 1 rings (SSSR count). The summed E-state index contributed by atoms with van der Waals surface area (Å²) in [6, 6.07) is 1.64. The highest BCUT2D eigenvalue weighted by atomic mass is 79.9. The minimum absolute atomic E-state index is 0.0717. The first-order chi connectivity index (χ1) is 7.54. The van der Waals surface area contributed by atoms with Crippen molar-refractivity contribution in [2.24, 2.45) is 0 Å². The average Bonchev–Trinajstić information content (AvgIpc) is 2.27. The van der Waals surface area contributed by atoms with E-state index in [1.165, 1.54) is 0 Å². The van der Waals surface area contributed by atoms with Gasteiger partial charge in [0.25, 0.3) is 0 Å². The lowest BCUT2D eigenvalue weighted by atomic mass is 10.2. The van der Waals surface area contributed by atoms with E-state index in [0.717, 1.165) is 10.2 Å². The molecule has 0 bridgehead atoms. The van der Waals surface area contributed by atoms with Crippen LogP contribution in [0.15, 0.2) is 22.9 Å². The maximum Gasteiger partial charge on any atom is 0.244 e. The van der Waals surface area contributed by atoms with Crippen molar-refractivity contribution in [3.63, 3.8) is 0 Å². The second-order valence-corrected chi connectivity index (χ2v) is 4.53. The molecule has 5 heteroatoms. The fourth-order valence-corrected chi connectivity index (χ4v) is 1.65. The number of pyridine rings is 1. The quantitative estimate of drug-likeness (QED) is 0.922. The van der Waals surface area contributed by atoms with E-state index >= 15 is 0 Å². The van der Waals surface area contributed by atoms with Crippen molar-refractivity contribution in [2.75, 3.05) is 18.9 Å². The zero-order valence-electron chi connectivity index (χ0n) is 9.70. The molecule has 1 atom stereocenters. The van der Waals surface area contributed by atoms with Gasteiger partial charge in [-0.05, 0) is 35.8 Å². The lowest BCUT2D eigenvalue weighted by Gasteiger charge is -2.21. The minimum atomic E-state index is -0.249. The second kappa shape index (κ2) is 5.84. The normalized spacial score (nSPS) is 12.0. The number of amides is 1. The van der Waals surface area contributed by atoms with Gasteiger partial charge < -0.3 is 10.2 Å². The molecule has 0 aliphatic heterocycles. The summed E-state index contributed by atoms with van der Waals surface area (Å²) >= 11 is 3.33. The molecule has 0 saturated carbocycles. The number of anilines is 1. The molecule has 0 aromatic carbocycles. The van der Waals surface area contributed by atoms with Crippen molar-refractivity contribution < 1.29 is 4.79 Å². The smallest absolute Gasteiger partial charge is 0.244 e. The van der Waals surface area contributed by atoms with Crippen molar-refractivity contribution in [2.45, 2.75) is 19.9 Å². The Labute approximate surface area is 104 Å². The maximum absolute atomic E-state index is 11.8. The number of hydrogen-bond donors (Lipinski definition) is 1. The summed E-state index contributed by atoms with van der Waals surface area (Å²) in [6.45, 7) is 4.50. The number of carbonyl (C=O) groups is 1. The second-order valence-electron chi connectivity index (χ2n) is 3.61. The predicted octanol–water partition coefficient (Wildman–Crippen LogP) is 2.12. The third kappa shape index (κ3) is 3.48. The highest BCUT2D eigenvalue weighted by Crippen LogP contribution is 2.14. The molecular formula is C11H16BrN3O. The third-order valence-corrected chi connectivity index (χ3v) is 2.74. The number of likely N-dealkylation sites (N-methyl/N-ethyl adjacent to an activating group) is 1. The molecule has 1 amide bonds. The van der Waals surface area contributed by atoms with E-state index in [2.05, 4.69) is 26.2 Å². The summed E-state index contributed by atoms with van der Waals surface area (Å²) in [4.78, 5) is 17.5. The summed E-state index contributed by atoms with van der Waals surface area (Å²) < 4.78 is 0.890. The SMILES string of the molecule is CCN(C)C(=O)C(C)Nc1cncc(Br)c1. The molecule has 0 fully saturated rings. The molecule has 4 nitrogen and oxygen atoms in total. The molecule has 0 spiro atoms. The van der Waals surface area contributed by atoms with E-state index in [9.17, 15) is 4.79 Å². The van der Waals surface area contributed by atoms with Gasteiger partial charge in [0.1, 0.15) is 6.04 Å². The van der Waals surface area contributed by atoms with Gasteiger partial charge >= 0.3 is 0 Å². The van der Waals surface area contributed by atoms with Crippen LogP contribution in [0.1, 0.15) is 13.8 Å². The number of nitrogens with zero attached hydrogens (tertiary/aromatic N) is 2. The van der Waals surface area contributed by atoms with E-state index in [4.69, 9.17) is 0 Å². The Balaban J connectivity index is 2.64. The lowest BCUT2D eigenvalue weighted by Crippen LogP contribution is -2.38. The molecule has 0 aliphatic carbocycles. The number of hydrogen-bond acceptors (Lipinski definition) is 3. The fraction of sp³-hybridized carbons (Fsp3) is 0.455. The predicted molar refractivity (Wildman–Crippen MR) is 68.3 cm³/mol. The van der Waals surface area contributed by atoms with E-state index in [1.807, 2.05) is 19.9 Å². The largest absolute Gasteiger partial charge is 0.373 e. The number of rotatable bonds is 4. The Morgan fingerprint density at radius 3 is 2.88 bits per heavy atom. The average molecular weight is 286 g/mol. The van der Waals surface area contributed by atoms with Crippen molar-refractivity contribution in [3.8, 4) is 0 Å². The highest BCUT2D eigenvalue weighted by molar-refractivity contribution is 9.10. The molecular weight excluding hydrogens is 270 g/mol. The summed E-state index contributed by atoms with van der Waals surface area (Å²) in [5.74, 6) is 0.0717. The highest BCUT2D eigenvalue weighted by Gasteiger charge is 2.15. The van der Waals surface area contributed by atoms with Gasteiger partial charge in [-0.25, -0.2) is 0 Å². The molecule has 1 aromatic heterocycles. The van der Waals surface area contributed by atoms with Gasteiger partial charge in [0.05, 0.1) is 11.9 Å². The van der Waals surface area contributed by atoms with Gasteiger partial charge in [0.15, 0.2) is 0 Å². The van der Waals surface area contributed by atoms with Crippen LogP contribution >= 0.6 is 15.9 Å². The Kier molecular flexibility index (Phi) is 4.73. The first-order valence-corrected chi connectivity index (χ1v) is 5.96. The number of halogens is 1. The van der Waals surface area contributed by atoms with Gasteiger partial charge in [-0.15, -0.1) is 0 Å². The van der Waals surface area contributed by atoms with Gasteiger partial charge in [-0.3, -0.25) is 9.78 Å². The van der Waals surface area contributed by atoms with Crippen molar-refractivity contribution in [1.82, 2.24) is 9.88 Å². The Morgan fingerprint density at radius 1 is 1.62 bits per heavy atom. The Hall–Kier alpha value is -1.10. The molecule has 1 N–H and O–H groups in total. The van der Waals surface area contributed by atoms with Crippen molar-refractivity contribution >= 4 is 27.5 Å². The summed E-state index contributed by atoms with van der Waals surface area (Å²) in [5.41, 5.74) is 0.833. The first-order valence-electron chi connectivity index (χ1n) is 5.16. The van der Waals surface area contributed by atoms with Gasteiger partial charge in [0, 0.05) is 24.3 Å². The van der Waals surface area contributed by atoms with Crippen LogP contribution in [0.25, 0.3) is 0 Å². The van der Waals surface area contributed by atoms with Crippen LogP contribution in [0.2, 0.25) is 0 Å². The lowest BCUT2D eigenvalue weighted by molar-refractivity contribution is -0.130. The molecule has 1 unspecified atom stereocenters. The summed E-state index contributed by atoms with van der Waals surface area (Å²) in [5, 5.41) is 3.11. The molecule has 0 saturated heterocycles. The molecule has 0 radical (unpaired) electrons. The zero-order chi connectivity index (χ0) is 12.1. The van der Waals surface area contributed by atoms with Crippen LogP contribution in [0, 0.1) is 0 Å².